The first-order chi connectivity index (χ1) is 10.5. The summed E-state index contributed by atoms with van der Waals surface area (Å²) in [6.07, 6.45) is 1.06. The van der Waals surface area contributed by atoms with Crippen LogP contribution in [-0.4, -0.2) is 47.9 Å². The Morgan fingerprint density at radius 2 is 2.09 bits per heavy atom. The van der Waals surface area contributed by atoms with Gasteiger partial charge < -0.3 is 15.7 Å². The molecule has 0 radical (unpaired) electrons. The molecule has 0 unspecified atom stereocenters. The van der Waals surface area contributed by atoms with Gasteiger partial charge in [-0.3, -0.25) is 19.3 Å². The molecule has 1 aromatic rings. The Kier molecular flexibility index (Phi) is 4.52. The minimum absolute atomic E-state index is 0.00394. The van der Waals surface area contributed by atoms with Gasteiger partial charge in [0.1, 0.15) is 11.5 Å². The smallest absolute Gasteiger partial charge is 0.277 e. The Balaban J connectivity index is 2.29. The summed E-state index contributed by atoms with van der Waals surface area (Å²) in [5.41, 5.74) is 0.151. The second-order valence-electron chi connectivity index (χ2n) is 4.47. The van der Waals surface area contributed by atoms with Gasteiger partial charge >= 0.3 is 0 Å². The van der Waals surface area contributed by atoms with Crippen molar-refractivity contribution in [3.8, 4) is 0 Å². The van der Waals surface area contributed by atoms with Crippen molar-refractivity contribution in [2.75, 3.05) is 25.5 Å². The molecule has 1 heterocycles. The molecule has 0 saturated heterocycles. The summed E-state index contributed by atoms with van der Waals surface area (Å²) in [6, 6.07) is 3.45. The summed E-state index contributed by atoms with van der Waals surface area (Å²) in [6.45, 7) is -0.469. The molecule has 0 fully saturated rings. The van der Waals surface area contributed by atoms with Crippen LogP contribution in [0.1, 0.15) is 10.4 Å². The number of aliphatic hydroxyl groups excluding tert-OH is 1. The number of β-amino-alcohol motifs (C(OH)–C–C–N with tert-alkyl or cyclic N) is 1. The van der Waals surface area contributed by atoms with Gasteiger partial charge in [-0.15, -0.1) is 0 Å². The zero-order chi connectivity index (χ0) is 16.3. The minimum atomic E-state index is -0.619. The number of hydrogen-bond acceptors (Lipinski definition) is 5. The van der Waals surface area contributed by atoms with Crippen molar-refractivity contribution in [1.29, 1.82) is 0 Å². The molecule has 22 heavy (non-hydrogen) atoms. The summed E-state index contributed by atoms with van der Waals surface area (Å²) < 4.78 is 13.3. The molecule has 2 rings (SSSR count). The topological polar surface area (TPSA) is 98.7 Å². The Hall–Kier alpha value is -2.74. The number of nitrogens with zero attached hydrogens (tertiary/aromatic N) is 1. The number of amides is 3. The van der Waals surface area contributed by atoms with E-state index in [1.54, 1.807) is 0 Å². The van der Waals surface area contributed by atoms with E-state index in [4.69, 9.17) is 5.11 Å². The molecule has 3 N–H and O–H groups in total. The lowest BCUT2D eigenvalue weighted by Crippen LogP contribution is -2.34. The molecule has 3 amide bonds. The highest BCUT2D eigenvalue weighted by Crippen LogP contribution is 2.21. The maximum absolute atomic E-state index is 13.3. The molecule has 0 bridgehead atoms. The molecule has 0 aliphatic carbocycles. The molecule has 116 valence electrons. The number of rotatable bonds is 5. The Morgan fingerprint density at radius 3 is 2.73 bits per heavy atom. The number of nitrogens with one attached hydrogen (secondary N) is 2. The van der Waals surface area contributed by atoms with Crippen molar-refractivity contribution >= 4 is 23.4 Å². The monoisotopic (exact) mass is 307 g/mol. The number of anilines is 1. The molecule has 0 aromatic heterocycles. The predicted octanol–water partition coefficient (Wildman–Crippen LogP) is -0.158. The number of halogens is 1. The first-order valence-electron chi connectivity index (χ1n) is 6.45. The van der Waals surface area contributed by atoms with Crippen LogP contribution in [0.2, 0.25) is 0 Å². The third-order valence-corrected chi connectivity index (χ3v) is 3.06. The van der Waals surface area contributed by atoms with E-state index >= 15 is 0 Å². The van der Waals surface area contributed by atoms with E-state index in [-0.39, 0.29) is 30.1 Å². The summed E-state index contributed by atoms with van der Waals surface area (Å²) >= 11 is 0. The van der Waals surface area contributed by atoms with Crippen LogP contribution < -0.4 is 10.6 Å². The highest BCUT2D eigenvalue weighted by atomic mass is 19.1. The maximum atomic E-state index is 13.3. The van der Waals surface area contributed by atoms with Crippen LogP contribution in [0.15, 0.2) is 30.0 Å². The summed E-state index contributed by atoms with van der Waals surface area (Å²) in [5, 5.41) is 13.9. The van der Waals surface area contributed by atoms with Crippen LogP contribution in [-0.2, 0) is 9.59 Å². The third-order valence-electron chi connectivity index (χ3n) is 3.06. The molecule has 0 saturated carbocycles. The van der Waals surface area contributed by atoms with Crippen LogP contribution in [0.4, 0.5) is 10.1 Å². The Bertz CT molecular complexity index is 672. The summed E-state index contributed by atoms with van der Waals surface area (Å²) in [4.78, 5) is 36.3. The molecule has 1 aromatic carbocycles. The molecule has 8 heteroatoms. The van der Waals surface area contributed by atoms with Gasteiger partial charge in [0.2, 0.25) is 0 Å². The second-order valence-corrected chi connectivity index (χ2v) is 4.47. The fourth-order valence-electron chi connectivity index (χ4n) is 2.00. The standard InChI is InChI=1S/C14H14FN3O4/c1-16-13(21)9-6-8(15)2-3-10(9)17-11-7-12(20)18(4-5-19)14(11)22/h2-3,6-7,17,19H,4-5H2,1H3,(H,16,21). The highest BCUT2D eigenvalue weighted by molar-refractivity contribution is 6.17. The lowest BCUT2D eigenvalue weighted by molar-refractivity contribution is -0.137. The first-order valence-corrected chi connectivity index (χ1v) is 6.45. The van der Waals surface area contributed by atoms with Gasteiger partial charge in [0.25, 0.3) is 17.7 Å². The van der Waals surface area contributed by atoms with Crippen LogP contribution >= 0.6 is 0 Å². The number of carbonyl (C=O) groups is 3. The Labute approximate surface area is 125 Å². The van der Waals surface area contributed by atoms with Crippen LogP contribution in [0, 0.1) is 5.82 Å². The maximum Gasteiger partial charge on any atom is 0.277 e. The van der Waals surface area contributed by atoms with Gasteiger partial charge in [-0.05, 0) is 18.2 Å². The number of carbonyl (C=O) groups excluding carboxylic acids is 3. The van der Waals surface area contributed by atoms with Gasteiger partial charge in [-0.2, -0.15) is 0 Å². The zero-order valence-electron chi connectivity index (χ0n) is 11.7. The molecular formula is C14H14FN3O4. The SMILES string of the molecule is CNC(=O)c1cc(F)ccc1NC1=CC(=O)N(CCO)C1=O. The number of benzene rings is 1. The summed E-state index contributed by atoms with van der Waals surface area (Å²) in [5.74, 6) is -2.32. The fraction of sp³-hybridized carbons (Fsp3) is 0.214. The quantitative estimate of drug-likeness (QED) is 0.657. The van der Waals surface area contributed by atoms with Crippen molar-refractivity contribution in [2.45, 2.75) is 0 Å². The first kappa shape index (κ1) is 15.6. The van der Waals surface area contributed by atoms with E-state index in [9.17, 15) is 18.8 Å². The molecule has 1 aliphatic rings. The van der Waals surface area contributed by atoms with Gasteiger partial charge in [-0.25, -0.2) is 4.39 Å². The van der Waals surface area contributed by atoms with E-state index in [0.717, 1.165) is 23.1 Å². The molecule has 7 nitrogen and oxygen atoms in total. The van der Waals surface area contributed by atoms with Crippen molar-refractivity contribution in [2.24, 2.45) is 0 Å². The fourth-order valence-corrected chi connectivity index (χ4v) is 2.00. The predicted molar refractivity (Wildman–Crippen MR) is 75.3 cm³/mol. The lowest BCUT2D eigenvalue weighted by Gasteiger charge is -2.14. The number of imide groups is 1. The van der Waals surface area contributed by atoms with E-state index in [2.05, 4.69) is 10.6 Å². The van der Waals surface area contributed by atoms with Gasteiger partial charge in [-0.1, -0.05) is 0 Å². The van der Waals surface area contributed by atoms with Crippen molar-refractivity contribution in [3.63, 3.8) is 0 Å². The highest BCUT2D eigenvalue weighted by Gasteiger charge is 2.31. The van der Waals surface area contributed by atoms with E-state index < -0.39 is 23.5 Å². The van der Waals surface area contributed by atoms with Crippen molar-refractivity contribution < 1.29 is 23.9 Å². The largest absolute Gasteiger partial charge is 0.395 e. The molecule has 0 spiro atoms. The normalized spacial score (nSPS) is 14.1. The van der Waals surface area contributed by atoms with Gasteiger partial charge in [0, 0.05) is 13.1 Å². The number of aliphatic hydroxyl groups is 1. The van der Waals surface area contributed by atoms with Crippen LogP contribution in [0.5, 0.6) is 0 Å². The van der Waals surface area contributed by atoms with Crippen LogP contribution in [0.25, 0.3) is 0 Å². The zero-order valence-corrected chi connectivity index (χ0v) is 11.7. The average molecular weight is 307 g/mol. The molecular weight excluding hydrogens is 293 g/mol. The van der Waals surface area contributed by atoms with Crippen LogP contribution in [0.3, 0.4) is 0 Å². The average Bonchev–Trinajstić information content (AvgIpc) is 2.76. The molecule has 1 aliphatic heterocycles. The molecule has 0 atom stereocenters. The van der Waals surface area contributed by atoms with Gasteiger partial charge in [0.05, 0.1) is 24.4 Å². The van der Waals surface area contributed by atoms with E-state index in [1.165, 1.54) is 13.1 Å². The third kappa shape index (κ3) is 2.96. The second kappa shape index (κ2) is 6.35. The van der Waals surface area contributed by atoms with E-state index in [0.29, 0.717) is 0 Å². The van der Waals surface area contributed by atoms with Crippen molar-refractivity contribution in [3.05, 3.63) is 41.4 Å². The van der Waals surface area contributed by atoms with E-state index in [1.807, 2.05) is 0 Å². The van der Waals surface area contributed by atoms with Gasteiger partial charge in [0.15, 0.2) is 0 Å². The summed E-state index contributed by atoms with van der Waals surface area (Å²) in [7, 11) is 1.39. The number of hydrogen-bond donors (Lipinski definition) is 3. The lowest BCUT2D eigenvalue weighted by atomic mass is 10.1. The van der Waals surface area contributed by atoms with Crippen molar-refractivity contribution in [1.82, 2.24) is 10.2 Å². The minimum Gasteiger partial charge on any atom is -0.395 e. The Morgan fingerprint density at radius 1 is 1.36 bits per heavy atom.